The smallest absolute Gasteiger partial charge is 0.416 e. The summed E-state index contributed by atoms with van der Waals surface area (Å²) < 4.78 is 83.4. The van der Waals surface area contributed by atoms with E-state index >= 15 is 0 Å². The van der Waals surface area contributed by atoms with Gasteiger partial charge in [0.05, 0.1) is 30.2 Å². The van der Waals surface area contributed by atoms with Crippen LogP contribution in [-0.2, 0) is 26.7 Å². The van der Waals surface area contributed by atoms with Crippen LogP contribution in [0, 0.1) is 0 Å². The number of esters is 1. The van der Waals surface area contributed by atoms with Crippen molar-refractivity contribution in [2.75, 3.05) is 7.11 Å². The topological polar surface area (TPSA) is 63.6 Å². The number of carbonyl (C=O) groups excluding carboxylic acids is 1. The van der Waals surface area contributed by atoms with Gasteiger partial charge >= 0.3 is 24.3 Å². The molecule has 0 saturated carbocycles. The quantitative estimate of drug-likeness (QED) is 0.402. The Morgan fingerprint density at radius 1 is 0.867 bits per heavy atom. The molecule has 10 heteroatoms. The van der Waals surface area contributed by atoms with Gasteiger partial charge in [-0.25, -0.2) is 4.79 Å². The third-order valence-corrected chi connectivity index (χ3v) is 4.02. The minimum Gasteiger partial charge on any atom is -0.481 e. The van der Waals surface area contributed by atoms with E-state index in [9.17, 15) is 35.9 Å². The van der Waals surface area contributed by atoms with E-state index in [1.165, 1.54) is 0 Å². The average molecular weight is 432 g/mol. The number of hydrogen-bond donors (Lipinski definition) is 1. The number of methoxy groups -OCH3 is 1. The lowest BCUT2D eigenvalue weighted by molar-refractivity contribution is -0.141. The van der Waals surface area contributed by atoms with Gasteiger partial charge < -0.3 is 9.84 Å². The fourth-order valence-electron chi connectivity index (χ4n) is 2.75. The van der Waals surface area contributed by atoms with Crippen LogP contribution in [0.3, 0.4) is 0 Å². The first-order chi connectivity index (χ1) is 13.8. The first-order valence-corrected chi connectivity index (χ1v) is 8.23. The molecule has 0 fully saturated rings. The molecule has 0 heterocycles. The molecule has 30 heavy (non-hydrogen) atoms. The zero-order chi connectivity index (χ0) is 22.7. The summed E-state index contributed by atoms with van der Waals surface area (Å²) in [7, 11) is 0.917. The maximum Gasteiger partial charge on any atom is 0.416 e. The second-order valence-corrected chi connectivity index (χ2v) is 6.07. The number of ether oxygens (including phenoxy) is 1. The molecule has 2 aromatic carbocycles. The summed E-state index contributed by atoms with van der Waals surface area (Å²) in [6.07, 6.45) is -10.5. The zero-order valence-electron chi connectivity index (χ0n) is 15.3. The van der Waals surface area contributed by atoms with Crippen molar-refractivity contribution in [3.8, 4) is 0 Å². The molecule has 0 saturated heterocycles. The molecule has 0 unspecified atom stereocenters. The highest BCUT2D eigenvalue weighted by Crippen LogP contribution is 2.37. The van der Waals surface area contributed by atoms with E-state index in [4.69, 9.17) is 5.11 Å². The molecular weight excluding hydrogens is 418 g/mol. The van der Waals surface area contributed by atoms with Crippen molar-refractivity contribution in [2.45, 2.75) is 18.8 Å². The number of halogens is 6. The van der Waals surface area contributed by atoms with E-state index in [1.54, 1.807) is 0 Å². The molecule has 0 spiro atoms. The minimum absolute atomic E-state index is 0.286. The highest BCUT2D eigenvalue weighted by molar-refractivity contribution is 6.04. The van der Waals surface area contributed by atoms with Gasteiger partial charge in [-0.05, 0) is 41.0 Å². The third kappa shape index (κ3) is 5.40. The second kappa shape index (κ2) is 8.60. The third-order valence-electron chi connectivity index (χ3n) is 4.02. The Morgan fingerprint density at radius 3 is 1.63 bits per heavy atom. The minimum atomic E-state index is -4.77. The van der Waals surface area contributed by atoms with E-state index in [1.807, 2.05) is 0 Å². The molecule has 2 rings (SSSR count). The van der Waals surface area contributed by atoms with Gasteiger partial charge in [0, 0.05) is 0 Å². The Morgan fingerprint density at radius 2 is 1.30 bits per heavy atom. The van der Waals surface area contributed by atoms with Crippen molar-refractivity contribution in [3.63, 3.8) is 0 Å². The summed E-state index contributed by atoms with van der Waals surface area (Å²) in [6.45, 7) is 0. The van der Waals surface area contributed by atoms with Crippen LogP contribution >= 0.6 is 0 Å². The summed E-state index contributed by atoms with van der Waals surface area (Å²) in [5.41, 5.74) is -3.81. The predicted molar refractivity (Wildman–Crippen MR) is 93.2 cm³/mol. The van der Waals surface area contributed by atoms with Gasteiger partial charge in [0.15, 0.2) is 0 Å². The van der Waals surface area contributed by atoms with Crippen molar-refractivity contribution in [1.82, 2.24) is 0 Å². The Labute approximate surface area is 166 Å². The van der Waals surface area contributed by atoms with Gasteiger partial charge in [-0.15, -0.1) is 0 Å². The van der Waals surface area contributed by atoms with E-state index in [0.29, 0.717) is 12.1 Å². The van der Waals surface area contributed by atoms with E-state index in [-0.39, 0.29) is 11.1 Å². The molecular formula is C20H14F6O4. The molecule has 4 nitrogen and oxygen atoms in total. The molecule has 0 aliphatic carbocycles. The van der Waals surface area contributed by atoms with Crippen LogP contribution in [0.2, 0.25) is 0 Å². The zero-order valence-corrected chi connectivity index (χ0v) is 15.3. The number of carboxylic acid groups (broad SMARTS) is 1. The molecule has 0 amide bonds. The van der Waals surface area contributed by atoms with Crippen molar-refractivity contribution in [3.05, 3.63) is 76.4 Å². The lowest BCUT2D eigenvalue weighted by Gasteiger charge is -2.17. The van der Waals surface area contributed by atoms with E-state index in [2.05, 4.69) is 4.74 Å². The van der Waals surface area contributed by atoms with Crippen molar-refractivity contribution in [2.24, 2.45) is 0 Å². The maximum absolute atomic E-state index is 13.1. The summed E-state index contributed by atoms with van der Waals surface area (Å²) in [5, 5.41) is 9.14. The van der Waals surface area contributed by atoms with Gasteiger partial charge in [-0.3, -0.25) is 4.79 Å². The van der Waals surface area contributed by atoms with Gasteiger partial charge in [0.1, 0.15) is 0 Å². The van der Waals surface area contributed by atoms with Crippen LogP contribution in [0.15, 0.2) is 54.1 Å². The molecule has 160 valence electrons. The number of rotatable bonds is 5. The normalized spacial score (nSPS) is 11.7. The predicted octanol–water partition coefficient (Wildman–Crippen LogP) is 5.17. The summed E-state index contributed by atoms with van der Waals surface area (Å²) in [6, 6.07) is 7.00. The van der Waals surface area contributed by atoms with Gasteiger partial charge in [0.2, 0.25) is 0 Å². The Bertz CT molecular complexity index is 930. The van der Waals surface area contributed by atoms with Gasteiger partial charge in [-0.1, -0.05) is 24.3 Å². The Kier molecular flexibility index (Phi) is 6.59. The van der Waals surface area contributed by atoms with Crippen LogP contribution in [0.25, 0.3) is 5.57 Å². The molecule has 0 radical (unpaired) electrons. The highest BCUT2D eigenvalue weighted by atomic mass is 19.4. The first-order valence-electron chi connectivity index (χ1n) is 8.23. The SMILES string of the molecule is COC(=O)C(CC(=O)O)=C(c1cccc(C(F)(F)F)c1)c1cccc(C(F)(F)F)c1. The standard InChI is InChI=1S/C20H14F6O4/c1-30-18(29)15(10-16(27)28)17(11-4-2-6-13(8-11)19(21,22)23)12-5-3-7-14(9-12)20(24,25)26/h2-9H,10H2,1H3,(H,27,28). The van der Waals surface area contributed by atoms with Crippen LogP contribution in [0.1, 0.15) is 28.7 Å². The second-order valence-electron chi connectivity index (χ2n) is 6.07. The fraction of sp³-hybridized carbons (Fsp3) is 0.200. The average Bonchev–Trinajstić information content (AvgIpc) is 2.66. The number of carbonyl (C=O) groups is 2. The molecule has 0 aromatic heterocycles. The lowest BCUT2D eigenvalue weighted by Crippen LogP contribution is -2.14. The number of benzene rings is 2. The Hall–Kier alpha value is -3.30. The largest absolute Gasteiger partial charge is 0.481 e. The van der Waals surface area contributed by atoms with E-state index in [0.717, 1.165) is 43.5 Å². The Balaban J connectivity index is 2.88. The summed E-state index contributed by atoms with van der Waals surface area (Å²) >= 11 is 0. The van der Waals surface area contributed by atoms with Gasteiger partial charge in [-0.2, -0.15) is 26.3 Å². The number of aliphatic carboxylic acids is 1. The van der Waals surface area contributed by atoms with Gasteiger partial charge in [0.25, 0.3) is 0 Å². The first kappa shape index (κ1) is 23.0. The molecule has 0 atom stereocenters. The number of alkyl halides is 6. The lowest BCUT2D eigenvalue weighted by atomic mass is 9.89. The van der Waals surface area contributed by atoms with E-state index < -0.39 is 53.0 Å². The number of carboxylic acids is 1. The van der Waals surface area contributed by atoms with Crippen LogP contribution in [0.5, 0.6) is 0 Å². The summed E-state index contributed by atoms with van der Waals surface area (Å²) in [5.74, 6) is -2.71. The number of hydrogen-bond acceptors (Lipinski definition) is 3. The van der Waals surface area contributed by atoms with Crippen LogP contribution in [0.4, 0.5) is 26.3 Å². The fourth-order valence-corrected chi connectivity index (χ4v) is 2.75. The molecule has 0 aliphatic rings. The van der Waals surface area contributed by atoms with Crippen LogP contribution in [-0.4, -0.2) is 24.2 Å². The molecule has 0 bridgehead atoms. The van der Waals surface area contributed by atoms with Crippen molar-refractivity contribution < 1.29 is 45.8 Å². The van der Waals surface area contributed by atoms with Crippen molar-refractivity contribution >= 4 is 17.5 Å². The highest BCUT2D eigenvalue weighted by Gasteiger charge is 2.33. The summed E-state index contributed by atoms with van der Waals surface area (Å²) in [4.78, 5) is 23.5. The van der Waals surface area contributed by atoms with Crippen molar-refractivity contribution in [1.29, 1.82) is 0 Å². The monoisotopic (exact) mass is 432 g/mol. The molecule has 2 aromatic rings. The molecule has 1 N–H and O–H groups in total. The molecule has 0 aliphatic heterocycles. The van der Waals surface area contributed by atoms with Crippen LogP contribution < -0.4 is 0 Å². The maximum atomic E-state index is 13.1.